The van der Waals surface area contributed by atoms with Gasteiger partial charge < -0.3 is 18.9 Å². The molecule has 366 valence electrons. The molecule has 8 nitrogen and oxygen atoms in total. The highest BCUT2D eigenvalue weighted by molar-refractivity contribution is 7.47. The number of allylic oxidation sites excluding steroid dienone is 6. The molecule has 0 aliphatic rings. The fourth-order valence-electron chi connectivity index (χ4n) is 7.45. The SMILES string of the molecule is CC/C=C\C/C=C\C/C=C\CCCCCCCCCC(=O)OC(COCCCCCCCCCCCCCCCCCCCCCCCCC)COP(=O)(O)OCC[N+](C)(C)C. The number of carbonyl (C=O) groups excluding carboxylic acids is 1. The molecule has 0 aliphatic carbocycles. The van der Waals surface area contributed by atoms with Gasteiger partial charge in [0.1, 0.15) is 19.3 Å². The maximum atomic E-state index is 12.8. The molecule has 0 saturated carbocycles. The van der Waals surface area contributed by atoms with E-state index in [9.17, 15) is 14.3 Å². The van der Waals surface area contributed by atoms with Crippen LogP contribution in [0.5, 0.6) is 0 Å². The number of unbranched alkanes of at least 4 members (excludes halogenated alkanes) is 29. The molecule has 2 unspecified atom stereocenters. The molecule has 0 aromatic rings. The van der Waals surface area contributed by atoms with E-state index in [4.69, 9.17) is 18.5 Å². The number of ether oxygens (including phenoxy) is 2. The lowest BCUT2D eigenvalue weighted by Crippen LogP contribution is -2.37. The molecule has 0 aliphatic heterocycles. The van der Waals surface area contributed by atoms with Crippen LogP contribution in [0.4, 0.5) is 0 Å². The third-order valence-electron chi connectivity index (χ3n) is 11.5. The summed E-state index contributed by atoms with van der Waals surface area (Å²) < 4.78 is 35.2. The molecular formula is C53H103NO7P+. The Morgan fingerprint density at radius 1 is 0.516 bits per heavy atom. The first-order valence-corrected chi connectivity index (χ1v) is 27.7. The Labute approximate surface area is 385 Å². The number of likely N-dealkylation sites (N-methyl/N-ethyl adjacent to an activating group) is 1. The van der Waals surface area contributed by atoms with E-state index in [-0.39, 0.29) is 25.8 Å². The molecule has 0 spiro atoms. The third kappa shape index (κ3) is 49.7. The maximum absolute atomic E-state index is 12.8. The molecular weight excluding hydrogens is 794 g/mol. The van der Waals surface area contributed by atoms with Gasteiger partial charge in [-0.3, -0.25) is 13.8 Å². The molecule has 1 N–H and O–H groups in total. The first-order chi connectivity index (χ1) is 30.1. The van der Waals surface area contributed by atoms with E-state index >= 15 is 0 Å². The van der Waals surface area contributed by atoms with E-state index in [2.05, 4.69) is 50.3 Å². The Balaban J connectivity index is 4.08. The Morgan fingerprint density at radius 2 is 0.935 bits per heavy atom. The molecule has 0 amide bonds. The predicted octanol–water partition coefficient (Wildman–Crippen LogP) is 16.1. The number of carbonyl (C=O) groups is 1. The van der Waals surface area contributed by atoms with Crippen molar-refractivity contribution in [2.75, 3.05) is 54.1 Å². The Kier molecular flexibility index (Phi) is 45.3. The van der Waals surface area contributed by atoms with Gasteiger partial charge in [-0.1, -0.05) is 224 Å². The zero-order chi connectivity index (χ0) is 45.5. The molecule has 0 radical (unpaired) electrons. The van der Waals surface area contributed by atoms with Crippen LogP contribution in [-0.4, -0.2) is 75.6 Å². The summed E-state index contributed by atoms with van der Waals surface area (Å²) in [4.78, 5) is 23.0. The van der Waals surface area contributed by atoms with Crippen molar-refractivity contribution in [3.8, 4) is 0 Å². The van der Waals surface area contributed by atoms with E-state index in [0.29, 0.717) is 24.1 Å². The summed E-state index contributed by atoms with van der Waals surface area (Å²) in [6, 6.07) is 0. The fraction of sp³-hybridized carbons (Fsp3) is 0.868. The average molecular weight is 897 g/mol. The number of nitrogens with zero attached hydrogens (tertiary/aromatic N) is 1. The number of hydrogen-bond donors (Lipinski definition) is 1. The lowest BCUT2D eigenvalue weighted by atomic mass is 10.0. The highest BCUT2D eigenvalue weighted by atomic mass is 31.2. The van der Waals surface area contributed by atoms with Crippen molar-refractivity contribution >= 4 is 13.8 Å². The van der Waals surface area contributed by atoms with E-state index in [1.807, 2.05) is 21.1 Å². The first kappa shape index (κ1) is 60.7. The van der Waals surface area contributed by atoms with E-state index in [0.717, 1.165) is 57.8 Å². The number of hydrogen-bond acceptors (Lipinski definition) is 6. The summed E-state index contributed by atoms with van der Waals surface area (Å²) in [7, 11) is 1.67. The monoisotopic (exact) mass is 897 g/mol. The van der Waals surface area contributed by atoms with Crippen molar-refractivity contribution in [3.05, 3.63) is 36.5 Å². The minimum absolute atomic E-state index is 0.0876. The minimum Gasteiger partial charge on any atom is -0.457 e. The molecule has 2 atom stereocenters. The molecule has 0 aromatic heterocycles. The van der Waals surface area contributed by atoms with Crippen molar-refractivity contribution in [3.63, 3.8) is 0 Å². The van der Waals surface area contributed by atoms with E-state index < -0.39 is 13.9 Å². The summed E-state index contributed by atoms with van der Waals surface area (Å²) in [6.45, 7) is 5.55. The smallest absolute Gasteiger partial charge is 0.457 e. The van der Waals surface area contributed by atoms with E-state index in [1.165, 1.54) is 161 Å². The topological polar surface area (TPSA) is 91.3 Å². The van der Waals surface area contributed by atoms with Gasteiger partial charge in [-0.15, -0.1) is 0 Å². The minimum atomic E-state index is -4.28. The standard InChI is InChI=1S/C53H102NO7P/c1-6-8-10-12-14-16-18-20-22-24-25-26-27-28-29-31-33-35-37-39-41-43-45-48-58-50-52(51-60-62(56,57)59-49-47-54(3,4)5)61-53(55)46-44-42-40-38-36-34-32-30-23-21-19-17-15-13-11-9-7-2/h9,11,15,17,21,23,52H,6-8,10,12-14,16,18-20,22,24-51H2,1-5H3/p+1/b11-9-,17-15-,23-21-. The molecule has 0 heterocycles. The number of rotatable bonds is 49. The summed E-state index contributed by atoms with van der Waals surface area (Å²) in [5, 5.41) is 0. The average Bonchev–Trinajstić information content (AvgIpc) is 3.23. The molecule has 9 heteroatoms. The van der Waals surface area contributed by atoms with Crippen molar-refractivity contribution in [2.45, 2.75) is 245 Å². The van der Waals surface area contributed by atoms with Crippen LogP contribution in [0.15, 0.2) is 36.5 Å². The van der Waals surface area contributed by atoms with Crippen LogP contribution in [0.2, 0.25) is 0 Å². The number of phosphoric ester groups is 1. The summed E-state index contributed by atoms with van der Waals surface area (Å²) >= 11 is 0. The van der Waals surface area contributed by atoms with Crippen LogP contribution in [-0.2, 0) is 27.9 Å². The highest BCUT2D eigenvalue weighted by Crippen LogP contribution is 2.43. The number of esters is 1. The first-order valence-electron chi connectivity index (χ1n) is 26.2. The zero-order valence-electron chi connectivity index (χ0n) is 41.6. The molecule has 0 fully saturated rings. The molecule has 0 rings (SSSR count). The van der Waals surface area contributed by atoms with Crippen LogP contribution < -0.4 is 0 Å². The van der Waals surface area contributed by atoms with Gasteiger partial charge in [0.15, 0.2) is 0 Å². The van der Waals surface area contributed by atoms with Crippen molar-refractivity contribution < 1.29 is 37.3 Å². The normalized spacial score (nSPS) is 13.8. The molecule has 0 bridgehead atoms. The maximum Gasteiger partial charge on any atom is 0.472 e. The van der Waals surface area contributed by atoms with Crippen molar-refractivity contribution in [1.82, 2.24) is 0 Å². The van der Waals surface area contributed by atoms with Crippen LogP contribution in [0, 0.1) is 0 Å². The summed E-state index contributed by atoms with van der Waals surface area (Å²) in [6.07, 6.45) is 56.3. The Morgan fingerprint density at radius 3 is 1.40 bits per heavy atom. The second-order valence-electron chi connectivity index (χ2n) is 18.9. The van der Waals surface area contributed by atoms with Gasteiger partial charge in [0.25, 0.3) is 0 Å². The lowest BCUT2D eigenvalue weighted by Gasteiger charge is -2.24. The molecule has 62 heavy (non-hydrogen) atoms. The second kappa shape index (κ2) is 46.3. The second-order valence-corrected chi connectivity index (χ2v) is 20.3. The Hall–Kier alpha value is -1.28. The van der Waals surface area contributed by atoms with Gasteiger partial charge in [0.2, 0.25) is 0 Å². The molecule has 0 aromatic carbocycles. The van der Waals surface area contributed by atoms with Crippen molar-refractivity contribution in [2.24, 2.45) is 0 Å². The van der Waals surface area contributed by atoms with Crippen LogP contribution in [0.3, 0.4) is 0 Å². The van der Waals surface area contributed by atoms with Gasteiger partial charge >= 0.3 is 13.8 Å². The fourth-order valence-corrected chi connectivity index (χ4v) is 8.19. The van der Waals surface area contributed by atoms with Crippen molar-refractivity contribution in [1.29, 1.82) is 0 Å². The lowest BCUT2D eigenvalue weighted by molar-refractivity contribution is -0.870. The summed E-state index contributed by atoms with van der Waals surface area (Å²) in [5.41, 5.74) is 0. The van der Waals surface area contributed by atoms with Gasteiger partial charge in [-0.25, -0.2) is 4.57 Å². The van der Waals surface area contributed by atoms with Crippen LogP contribution in [0.1, 0.15) is 239 Å². The van der Waals surface area contributed by atoms with Gasteiger partial charge in [0.05, 0.1) is 34.4 Å². The summed E-state index contributed by atoms with van der Waals surface area (Å²) in [5.74, 6) is -0.320. The Bertz CT molecular complexity index is 1090. The molecule has 0 saturated heterocycles. The van der Waals surface area contributed by atoms with Gasteiger partial charge in [-0.05, 0) is 44.9 Å². The van der Waals surface area contributed by atoms with Crippen LogP contribution >= 0.6 is 7.82 Å². The van der Waals surface area contributed by atoms with E-state index in [1.54, 1.807) is 0 Å². The predicted molar refractivity (Wildman–Crippen MR) is 266 cm³/mol. The van der Waals surface area contributed by atoms with Crippen LogP contribution in [0.25, 0.3) is 0 Å². The third-order valence-corrected chi connectivity index (χ3v) is 12.5. The number of phosphoric acid groups is 1. The van der Waals surface area contributed by atoms with Gasteiger partial charge in [0, 0.05) is 13.0 Å². The number of quaternary nitrogens is 1. The zero-order valence-corrected chi connectivity index (χ0v) is 42.5. The van der Waals surface area contributed by atoms with Gasteiger partial charge in [-0.2, -0.15) is 0 Å². The highest BCUT2D eigenvalue weighted by Gasteiger charge is 2.26. The quantitative estimate of drug-likeness (QED) is 0.0214. The largest absolute Gasteiger partial charge is 0.472 e.